The number of aliphatic carboxylic acids is 1. The van der Waals surface area contributed by atoms with Crippen molar-refractivity contribution in [2.45, 2.75) is 19.3 Å². The number of hydrogen-bond acceptors (Lipinski definition) is 2. The van der Waals surface area contributed by atoms with Gasteiger partial charge < -0.3 is 10.0 Å². The van der Waals surface area contributed by atoms with Crippen molar-refractivity contribution < 1.29 is 23.5 Å². The maximum absolute atomic E-state index is 13.2. The highest BCUT2D eigenvalue weighted by atomic mass is 19.2. The summed E-state index contributed by atoms with van der Waals surface area (Å²) in [5.74, 6) is -3.97. The Balaban J connectivity index is 1.97. The van der Waals surface area contributed by atoms with E-state index in [9.17, 15) is 18.4 Å². The SMILES string of the molecule is CC(CN(C)C(=O)C1CC1c1ccc(F)c(F)c1)C(=O)O. The van der Waals surface area contributed by atoms with Gasteiger partial charge in [-0.2, -0.15) is 0 Å². The summed E-state index contributed by atoms with van der Waals surface area (Å²) >= 11 is 0. The molecule has 1 aromatic carbocycles. The van der Waals surface area contributed by atoms with E-state index in [0.717, 1.165) is 12.1 Å². The lowest BCUT2D eigenvalue weighted by Gasteiger charge is -2.19. The van der Waals surface area contributed by atoms with Crippen LogP contribution in [0, 0.1) is 23.5 Å². The molecule has 3 atom stereocenters. The van der Waals surface area contributed by atoms with Crippen molar-refractivity contribution in [1.82, 2.24) is 4.90 Å². The normalized spacial score (nSPS) is 21.7. The summed E-state index contributed by atoms with van der Waals surface area (Å²) in [5, 5.41) is 8.84. The number of benzene rings is 1. The van der Waals surface area contributed by atoms with Gasteiger partial charge in [-0.15, -0.1) is 0 Å². The molecular weight excluding hydrogens is 280 g/mol. The van der Waals surface area contributed by atoms with Gasteiger partial charge in [-0.05, 0) is 30.0 Å². The number of carbonyl (C=O) groups is 2. The molecule has 1 N–H and O–H groups in total. The molecule has 1 saturated carbocycles. The maximum atomic E-state index is 13.2. The van der Waals surface area contributed by atoms with E-state index in [0.29, 0.717) is 12.0 Å². The van der Waals surface area contributed by atoms with Crippen LogP contribution in [-0.4, -0.2) is 35.5 Å². The minimum Gasteiger partial charge on any atom is -0.481 e. The summed E-state index contributed by atoms with van der Waals surface area (Å²) in [6.07, 6.45) is 0.579. The third-order valence-corrected chi connectivity index (χ3v) is 3.82. The molecule has 0 bridgehead atoms. The first-order valence-electron chi connectivity index (χ1n) is 6.74. The van der Waals surface area contributed by atoms with E-state index in [1.807, 2.05) is 0 Å². The molecular formula is C15H17F2NO3. The lowest BCUT2D eigenvalue weighted by atomic mass is 10.1. The topological polar surface area (TPSA) is 57.6 Å². The molecule has 0 heterocycles. The van der Waals surface area contributed by atoms with Gasteiger partial charge in [0.25, 0.3) is 0 Å². The molecule has 3 unspecified atom stereocenters. The van der Waals surface area contributed by atoms with Crippen LogP contribution >= 0.6 is 0 Å². The minimum absolute atomic E-state index is 0.116. The van der Waals surface area contributed by atoms with Crippen LogP contribution < -0.4 is 0 Å². The van der Waals surface area contributed by atoms with Crippen LogP contribution in [0.2, 0.25) is 0 Å². The van der Waals surface area contributed by atoms with E-state index in [2.05, 4.69) is 0 Å². The molecule has 1 aromatic rings. The standard InChI is InChI=1S/C15H17F2NO3/c1-8(15(20)21)7-18(2)14(19)11-6-10(11)9-3-4-12(16)13(17)5-9/h3-5,8,10-11H,6-7H2,1-2H3,(H,20,21). The van der Waals surface area contributed by atoms with Crippen LogP contribution in [0.5, 0.6) is 0 Å². The Morgan fingerprint density at radius 1 is 1.38 bits per heavy atom. The van der Waals surface area contributed by atoms with E-state index in [1.54, 1.807) is 7.05 Å². The number of hydrogen-bond donors (Lipinski definition) is 1. The minimum atomic E-state index is -0.956. The molecule has 0 spiro atoms. The van der Waals surface area contributed by atoms with Crippen molar-refractivity contribution in [3.63, 3.8) is 0 Å². The zero-order valence-electron chi connectivity index (χ0n) is 11.8. The first-order chi connectivity index (χ1) is 9.81. The second-order valence-electron chi connectivity index (χ2n) is 5.58. The molecule has 1 fully saturated rings. The second kappa shape index (κ2) is 5.79. The van der Waals surface area contributed by atoms with E-state index >= 15 is 0 Å². The monoisotopic (exact) mass is 297 g/mol. The van der Waals surface area contributed by atoms with E-state index in [-0.39, 0.29) is 24.3 Å². The van der Waals surface area contributed by atoms with Gasteiger partial charge in [0.1, 0.15) is 0 Å². The van der Waals surface area contributed by atoms with E-state index in [1.165, 1.54) is 17.9 Å². The Hall–Kier alpha value is -1.98. The van der Waals surface area contributed by atoms with E-state index in [4.69, 9.17) is 5.11 Å². The fraction of sp³-hybridized carbons (Fsp3) is 0.467. The lowest BCUT2D eigenvalue weighted by molar-refractivity contribution is -0.142. The van der Waals surface area contributed by atoms with Crippen LogP contribution in [0.15, 0.2) is 18.2 Å². The average molecular weight is 297 g/mol. The molecule has 0 saturated heterocycles. The highest BCUT2D eigenvalue weighted by molar-refractivity contribution is 5.83. The van der Waals surface area contributed by atoms with Crippen LogP contribution in [0.4, 0.5) is 8.78 Å². The van der Waals surface area contributed by atoms with Gasteiger partial charge in [0.15, 0.2) is 11.6 Å². The average Bonchev–Trinajstić information content (AvgIpc) is 3.21. The third kappa shape index (κ3) is 3.37. The van der Waals surface area contributed by atoms with Crippen LogP contribution in [0.3, 0.4) is 0 Å². The molecule has 0 aromatic heterocycles. The van der Waals surface area contributed by atoms with Gasteiger partial charge >= 0.3 is 5.97 Å². The molecule has 0 radical (unpaired) electrons. The Morgan fingerprint density at radius 3 is 2.62 bits per heavy atom. The summed E-state index contributed by atoms with van der Waals surface area (Å²) in [6, 6.07) is 3.66. The van der Waals surface area contributed by atoms with Gasteiger partial charge in [0, 0.05) is 19.5 Å². The Bertz CT molecular complexity index is 576. The lowest BCUT2D eigenvalue weighted by Crippen LogP contribution is -2.34. The number of carboxylic acids is 1. The first-order valence-corrected chi connectivity index (χ1v) is 6.74. The van der Waals surface area contributed by atoms with Gasteiger partial charge in [-0.1, -0.05) is 13.0 Å². The molecule has 21 heavy (non-hydrogen) atoms. The molecule has 1 aliphatic carbocycles. The first kappa shape index (κ1) is 15.4. The van der Waals surface area contributed by atoms with Gasteiger partial charge in [-0.3, -0.25) is 9.59 Å². The number of nitrogens with zero attached hydrogens (tertiary/aromatic N) is 1. The van der Waals surface area contributed by atoms with Crippen molar-refractivity contribution in [3.8, 4) is 0 Å². The van der Waals surface area contributed by atoms with Crippen molar-refractivity contribution in [1.29, 1.82) is 0 Å². The second-order valence-corrected chi connectivity index (χ2v) is 5.58. The summed E-state index contributed by atoms with van der Waals surface area (Å²) in [5.41, 5.74) is 0.604. The molecule has 4 nitrogen and oxygen atoms in total. The summed E-state index contributed by atoms with van der Waals surface area (Å²) in [4.78, 5) is 24.3. The largest absolute Gasteiger partial charge is 0.481 e. The van der Waals surface area contributed by atoms with Gasteiger partial charge in [0.05, 0.1) is 5.92 Å². The molecule has 6 heteroatoms. The molecule has 0 aliphatic heterocycles. The summed E-state index contributed by atoms with van der Waals surface area (Å²) in [6.45, 7) is 1.67. The fourth-order valence-corrected chi connectivity index (χ4v) is 2.44. The number of amides is 1. The Kier molecular flexibility index (Phi) is 4.25. The van der Waals surface area contributed by atoms with E-state index < -0.39 is 23.5 Å². The van der Waals surface area contributed by atoms with Crippen LogP contribution in [0.1, 0.15) is 24.8 Å². The number of carboxylic acid groups (broad SMARTS) is 1. The molecule has 1 aliphatic rings. The van der Waals surface area contributed by atoms with Crippen LogP contribution in [0.25, 0.3) is 0 Å². The number of carbonyl (C=O) groups excluding carboxylic acids is 1. The maximum Gasteiger partial charge on any atom is 0.308 e. The fourth-order valence-electron chi connectivity index (χ4n) is 2.44. The summed E-state index contributed by atoms with van der Waals surface area (Å²) < 4.78 is 26.1. The zero-order valence-corrected chi connectivity index (χ0v) is 11.8. The van der Waals surface area contributed by atoms with Crippen molar-refractivity contribution in [2.75, 3.05) is 13.6 Å². The Morgan fingerprint density at radius 2 is 2.05 bits per heavy atom. The highest BCUT2D eigenvalue weighted by Crippen LogP contribution is 2.48. The zero-order chi connectivity index (χ0) is 15.7. The van der Waals surface area contributed by atoms with Gasteiger partial charge in [0.2, 0.25) is 5.91 Å². The quantitative estimate of drug-likeness (QED) is 0.907. The highest BCUT2D eigenvalue weighted by Gasteiger charge is 2.45. The van der Waals surface area contributed by atoms with Crippen molar-refractivity contribution in [2.24, 2.45) is 11.8 Å². The predicted molar refractivity (Wildman–Crippen MR) is 71.6 cm³/mol. The summed E-state index contributed by atoms with van der Waals surface area (Å²) in [7, 11) is 1.56. The molecule has 2 rings (SSSR count). The van der Waals surface area contributed by atoms with Gasteiger partial charge in [-0.25, -0.2) is 8.78 Å². The van der Waals surface area contributed by atoms with Crippen molar-refractivity contribution >= 4 is 11.9 Å². The number of halogens is 2. The molecule has 1 amide bonds. The number of rotatable bonds is 5. The van der Waals surface area contributed by atoms with Crippen molar-refractivity contribution in [3.05, 3.63) is 35.4 Å². The predicted octanol–water partition coefficient (Wildman–Crippen LogP) is 2.25. The Labute approximate surface area is 121 Å². The molecule has 114 valence electrons. The third-order valence-electron chi connectivity index (χ3n) is 3.82. The van der Waals surface area contributed by atoms with Crippen LogP contribution in [-0.2, 0) is 9.59 Å². The smallest absolute Gasteiger partial charge is 0.308 e.